The molecular formula is C46H51N7O8. The molecule has 3 aromatic carbocycles. The first kappa shape index (κ1) is 40.2. The number of rotatable bonds is 11. The number of pyridine rings is 1. The largest absolute Gasteiger partial charge is 0.508 e. The number of hydrogen-bond donors (Lipinski definition) is 4. The Morgan fingerprint density at radius 2 is 1.69 bits per heavy atom. The van der Waals surface area contributed by atoms with Gasteiger partial charge in [-0.3, -0.25) is 9.69 Å². The van der Waals surface area contributed by atoms with Crippen molar-refractivity contribution in [3.05, 3.63) is 83.1 Å². The molecule has 0 bridgehead atoms. The van der Waals surface area contributed by atoms with Crippen molar-refractivity contribution in [2.45, 2.75) is 65.0 Å². The van der Waals surface area contributed by atoms with E-state index in [9.17, 15) is 30.0 Å². The third kappa shape index (κ3) is 6.89. The van der Waals surface area contributed by atoms with Crippen molar-refractivity contribution in [2.75, 3.05) is 50.8 Å². The number of nitrogens with zero attached hydrogens (tertiary/aromatic N) is 7. The van der Waals surface area contributed by atoms with Crippen LogP contribution in [0.2, 0.25) is 0 Å². The molecule has 4 N–H and O–H groups in total. The molecule has 318 valence electrons. The van der Waals surface area contributed by atoms with Crippen LogP contribution in [-0.2, 0) is 27.3 Å². The number of carbonyl (C=O) groups is 2. The van der Waals surface area contributed by atoms with E-state index in [0.717, 1.165) is 84.7 Å². The number of hydrogen-bond acceptors (Lipinski definition) is 13. The molecule has 4 aliphatic heterocycles. The number of cyclic esters (lactones) is 1. The SMILES string of the molecule is CCc1c2c(nc3ccc(OCCCN4CCN(c5ccc(-n6c(O)nnc6-c6cc(C(C)C)c(O)cc6O)cc5)CC4)cc13)C1=CC3C(COC(=O)C3(O)CC)C(=O)N1C2. The molecule has 5 aromatic rings. The van der Waals surface area contributed by atoms with Gasteiger partial charge < -0.3 is 39.7 Å². The number of carbonyl (C=O) groups excluding carboxylic acids is 2. The number of benzene rings is 3. The second-order valence-electron chi connectivity index (χ2n) is 16.7. The van der Waals surface area contributed by atoms with Crippen molar-refractivity contribution in [1.29, 1.82) is 0 Å². The molecular weight excluding hydrogens is 779 g/mol. The molecule has 3 unspecified atom stereocenters. The third-order valence-electron chi connectivity index (χ3n) is 13.0. The van der Waals surface area contributed by atoms with Crippen LogP contribution in [0.15, 0.2) is 60.7 Å². The van der Waals surface area contributed by atoms with E-state index >= 15 is 0 Å². The zero-order chi connectivity index (χ0) is 42.7. The first-order valence-corrected chi connectivity index (χ1v) is 21.2. The lowest BCUT2D eigenvalue weighted by Gasteiger charge is -2.44. The second-order valence-corrected chi connectivity index (χ2v) is 16.7. The number of piperazine rings is 1. The summed E-state index contributed by atoms with van der Waals surface area (Å²) in [4.78, 5) is 37.9. The third-order valence-corrected chi connectivity index (χ3v) is 13.0. The highest BCUT2D eigenvalue weighted by Crippen LogP contribution is 2.47. The zero-order valence-electron chi connectivity index (χ0n) is 34.8. The van der Waals surface area contributed by atoms with Gasteiger partial charge in [0.25, 0.3) is 0 Å². The Labute approximate surface area is 353 Å². The van der Waals surface area contributed by atoms with Gasteiger partial charge in [-0.25, -0.2) is 14.3 Å². The van der Waals surface area contributed by atoms with Crippen molar-refractivity contribution in [3.63, 3.8) is 0 Å². The smallest absolute Gasteiger partial charge is 0.338 e. The lowest BCUT2D eigenvalue weighted by atomic mass is 9.72. The topological polar surface area (TPSA) is 187 Å². The molecule has 0 saturated carbocycles. The Bertz CT molecular complexity index is 2560. The number of anilines is 1. The van der Waals surface area contributed by atoms with Crippen LogP contribution < -0.4 is 9.64 Å². The minimum atomic E-state index is -1.75. The van der Waals surface area contributed by atoms with Gasteiger partial charge in [0.2, 0.25) is 5.91 Å². The molecule has 15 nitrogen and oxygen atoms in total. The molecule has 0 spiro atoms. The summed E-state index contributed by atoms with van der Waals surface area (Å²) in [6, 6.07) is 16.4. The van der Waals surface area contributed by atoms with Gasteiger partial charge in [0.15, 0.2) is 11.4 Å². The summed E-state index contributed by atoms with van der Waals surface area (Å²) >= 11 is 0. The Morgan fingerprint density at radius 1 is 0.934 bits per heavy atom. The number of phenols is 2. The quantitative estimate of drug-likeness (QED) is 0.0967. The maximum Gasteiger partial charge on any atom is 0.338 e. The molecule has 0 aliphatic carbocycles. The second kappa shape index (κ2) is 15.7. The monoisotopic (exact) mass is 829 g/mol. The van der Waals surface area contributed by atoms with Gasteiger partial charge in [0.1, 0.15) is 23.9 Å². The Hall–Kier alpha value is -6.19. The molecule has 2 aromatic heterocycles. The standard InChI is InChI=1S/C46H51N7O8/c1-5-30-32-20-29(12-13-37(32)47-41-34(30)24-52-38(41)22-36-35(43(52)56)25-61-44(57)46(36,59)6-2)60-19-7-14-50-15-17-51(18-16-50)27-8-10-28(11-9-27)53-42(48-49-45(53)58)33-21-31(26(3)4)39(54)23-40(33)55/h8-13,20-23,26,35-36,54-55,59H,5-7,14-19,24-25H2,1-4H3,(H,49,58). The summed E-state index contributed by atoms with van der Waals surface area (Å²) < 4.78 is 13.1. The van der Waals surface area contributed by atoms with Crippen LogP contribution in [0.3, 0.4) is 0 Å². The van der Waals surface area contributed by atoms with Crippen molar-refractivity contribution in [3.8, 4) is 40.3 Å². The maximum absolute atomic E-state index is 13.8. The molecule has 0 radical (unpaired) electrons. The number of esters is 1. The highest BCUT2D eigenvalue weighted by Gasteiger charge is 2.56. The van der Waals surface area contributed by atoms with Crippen molar-refractivity contribution < 1.29 is 39.5 Å². The van der Waals surface area contributed by atoms with Gasteiger partial charge in [0.05, 0.1) is 47.2 Å². The fourth-order valence-electron chi connectivity index (χ4n) is 9.50. The number of aryl methyl sites for hydroxylation is 1. The minimum Gasteiger partial charge on any atom is -0.508 e. The summed E-state index contributed by atoms with van der Waals surface area (Å²) in [7, 11) is 0. The van der Waals surface area contributed by atoms with Crippen LogP contribution in [0.25, 0.3) is 33.7 Å². The molecule has 2 fully saturated rings. The van der Waals surface area contributed by atoms with Crippen molar-refractivity contribution in [1.82, 2.24) is 29.5 Å². The summed E-state index contributed by atoms with van der Waals surface area (Å²) in [6.07, 6.45) is 3.62. The normalized spacial score (nSPS) is 21.4. The highest BCUT2D eigenvalue weighted by molar-refractivity contribution is 5.98. The first-order valence-electron chi connectivity index (χ1n) is 21.2. The molecule has 9 rings (SSSR count). The van der Waals surface area contributed by atoms with Crippen LogP contribution in [0.4, 0.5) is 5.69 Å². The van der Waals surface area contributed by atoms with Crippen LogP contribution >= 0.6 is 0 Å². The molecule has 6 heterocycles. The van der Waals surface area contributed by atoms with Crippen molar-refractivity contribution >= 4 is 34.2 Å². The average Bonchev–Trinajstić information content (AvgIpc) is 3.83. The van der Waals surface area contributed by atoms with E-state index in [1.807, 2.05) is 62.4 Å². The van der Waals surface area contributed by atoms with E-state index in [1.54, 1.807) is 17.9 Å². The minimum absolute atomic E-state index is 0.00125. The van der Waals surface area contributed by atoms with E-state index in [-0.39, 0.29) is 48.2 Å². The average molecular weight is 830 g/mol. The highest BCUT2D eigenvalue weighted by atomic mass is 16.6. The summed E-state index contributed by atoms with van der Waals surface area (Å²) in [6.45, 7) is 13.1. The molecule has 2 saturated heterocycles. The Balaban J connectivity index is 0.811. The number of phenolic OH excluding ortho intramolecular Hbond substituents is 2. The van der Waals surface area contributed by atoms with Gasteiger partial charge in [0, 0.05) is 61.3 Å². The molecule has 4 aliphatic rings. The molecule has 1 amide bonds. The summed E-state index contributed by atoms with van der Waals surface area (Å²) in [5.74, 6) is -1.24. The van der Waals surface area contributed by atoms with Crippen molar-refractivity contribution in [2.24, 2.45) is 11.8 Å². The van der Waals surface area contributed by atoms with Gasteiger partial charge in [-0.15, -0.1) is 5.10 Å². The van der Waals surface area contributed by atoms with E-state index in [1.165, 1.54) is 10.6 Å². The zero-order valence-corrected chi connectivity index (χ0v) is 34.8. The molecule has 15 heteroatoms. The maximum atomic E-state index is 13.8. The number of aliphatic hydroxyl groups is 1. The Kier molecular flexibility index (Phi) is 10.3. The van der Waals surface area contributed by atoms with E-state index in [0.29, 0.717) is 35.7 Å². The fourth-order valence-corrected chi connectivity index (χ4v) is 9.50. The predicted octanol–water partition coefficient (Wildman–Crippen LogP) is 5.50. The van der Waals surface area contributed by atoms with Gasteiger partial charge >= 0.3 is 12.0 Å². The summed E-state index contributed by atoms with van der Waals surface area (Å²) in [5.41, 5.74) is 5.26. The lowest BCUT2D eigenvalue weighted by molar-refractivity contribution is -0.190. The van der Waals surface area contributed by atoms with Crippen LogP contribution in [0, 0.1) is 11.8 Å². The van der Waals surface area contributed by atoms with Crippen LogP contribution in [0.5, 0.6) is 23.3 Å². The van der Waals surface area contributed by atoms with E-state index in [2.05, 4.69) is 26.9 Å². The van der Waals surface area contributed by atoms with Gasteiger partial charge in [-0.05, 0) is 84.8 Å². The number of aromatic hydroxyl groups is 3. The van der Waals surface area contributed by atoms with Gasteiger partial charge in [-0.1, -0.05) is 38.9 Å². The summed E-state index contributed by atoms with van der Waals surface area (Å²) in [5, 5.41) is 52.0. The predicted molar refractivity (Wildman–Crippen MR) is 227 cm³/mol. The van der Waals surface area contributed by atoms with E-state index in [4.69, 9.17) is 14.5 Å². The van der Waals surface area contributed by atoms with Gasteiger partial charge in [-0.2, -0.15) is 0 Å². The lowest BCUT2D eigenvalue weighted by Crippen LogP contribution is -2.58. The number of ether oxygens (including phenoxy) is 2. The first-order chi connectivity index (χ1) is 29.4. The molecule has 3 atom stereocenters. The number of fused-ring (bicyclic) bond motifs is 5. The Morgan fingerprint density at radius 3 is 2.41 bits per heavy atom. The van der Waals surface area contributed by atoms with Crippen LogP contribution in [-0.4, -0.2) is 113 Å². The number of aromatic nitrogens is 4. The van der Waals surface area contributed by atoms with E-state index < -0.39 is 23.4 Å². The fraction of sp³-hybridized carbons (Fsp3) is 0.413. The van der Waals surface area contributed by atoms with Crippen LogP contribution in [0.1, 0.15) is 68.8 Å². The molecule has 61 heavy (non-hydrogen) atoms. The number of amides is 1.